The van der Waals surface area contributed by atoms with Crippen molar-refractivity contribution in [2.24, 2.45) is 0 Å². The van der Waals surface area contributed by atoms with Gasteiger partial charge in [0.15, 0.2) is 0 Å². The Morgan fingerprint density at radius 3 is 1.96 bits per heavy atom. The summed E-state index contributed by atoms with van der Waals surface area (Å²) >= 11 is 1.59. The highest BCUT2D eigenvalue weighted by molar-refractivity contribution is 7.99. The van der Waals surface area contributed by atoms with Crippen LogP contribution in [-0.2, 0) is 0 Å². The molecule has 0 bridgehead atoms. The molecule has 0 fully saturated rings. The molecule has 3 heteroatoms. The van der Waals surface area contributed by atoms with Gasteiger partial charge in [-0.05, 0) is 41.0 Å². The molecule has 3 aromatic carbocycles. The molecule has 2 N–H and O–H groups in total. The highest BCUT2D eigenvalue weighted by Crippen LogP contribution is 2.36. The number of aliphatic hydroxyl groups is 1. The van der Waals surface area contributed by atoms with Gasteiger partial charge in [-0.2, -0.15) is 0 Å². The van der Waals surface area contributed by atoms with E-state index in [1.807, 2.05) is 30.3 Å². The Hall–Kier alpha value is -2.23. The van der Waals surface area contributed by atoms with Crippen LogP contribution in [0.25, 0.3) is 11.1 Å². The van der Waals surface area contributed by atoms with E-state index < -0.39 is 0 Å². The van der Waals surface area contributed by atoms with E-state index in [4.69, 9.17) is 0 Å². The molecule has 1 unspecified atom stereocenters. The Morgan fingerprint density at radius 1 is 0.739 bits per heavy atom. The van der Waals surface area contributed by atoms with Gasteiger partial charge in [0.1, 0.15) is 5.75 Å². The van der Waals surface area contributed by atoms with E-state index in [9.17, 15) is 10.2 Å². The molecule has 0 spiro atoms. The molecule has 0 aliphatic rings. The summed E-state index contributed by atoms with van der Waals surface area (Å²) in [6.45, 7) is 0.0657. The van der Waals surface area contributed by atoms with E-state index >= 15 is 0 Å². The second-order valence-corrected chi connectivity index (χ2v) is 6.55. The summed E-state index contributed by atoms with van der Waals surface area (Å²) in [7, 11) is 0. The Kier molecular flexibility index (Phi) is 5.01. The van der Waals surface area contributed by atoms with E-state index in [1.54, 1.807) is 23.9 Å². The Balaban J connectivity index is 1.77. The molecule has 3 rings (SSSR count). The minimum atomic E-state index is -0.0237. The molecule has 0 aliphatic heterocycles. The van der Waals surface area contributed by atoms with Crippen molar-refractivity contribution in [3.05, 3.63) is 84.4 Å². The first kappa shape index (κ1) is 15.7. The van der Waals surface area contributed by atoms with Crippen molar-refractivity contribution in [3.63, 3.8) is 0 Å². The zero-order valence-corrected chi connectivity index (χ0v) is 13.4. The molecule has 0 saturated heterocycles. The quantitative estimate of drug-likeness (QED) is 0.657. The summed E-state index contributed by atoms with van der Waals surface area (Å²) < 4.78 is 0. The second kappa shape index (κ2) is 7.36. The van der Waals surface area contributed by atoms with E-state index in [2.05, 4.69) is 36.4 Å². The maximum Gasteiger partial charge on any atom is 0.115 e. The van der Waals surface area contributed by atoms with Gasteiger partial charge < -0.3 is 10.2 Å². The van der Waals surface area contributed by atoms with Crippen molar-refractivity contribution in [1.82, 2.24) is 0 Å². The fraction of sp³-hybridized carbons (Fsp3) is 0.100. The topological polar surface area (TPSA) is 40.5 Å². The van der Waals surface area contributed by atoms with Gasteiger partial charge in [-0.1, -0.05) is 54.6 Å². The van der Waals surface area contributed by atoms with Crippen molar-refractivity contribution in [1.29, 1.82) is 0 Å². The van der Waals surface area contributed by atoms with Crippen LogP contribution in [0.1, 0.15) is 10.8 Å². The van der Waals surface area contributed by atoms with E-state index in [0.717, 1.165) is 10.5 Å². The molecule has 0 aliphatic carbocycles. The van der Waals surface area contributed by atoms with E-state index in [1.165, 1.54) is 11.1 Å². The number of aromatic hydroxyl groups is 1. The van der Waals surface area contributed by atoms with Crippen LogP contribution >= 0.6 is 11.8 Å². The van der Waals surface area contributed by atoms with Crippen LogP contribution in [0.15, 0.2) is 83.8 Å². The van der Waals surface area contributed by atoms with Gasteiger partial charge >= 0.3 is 0 Å². The Morgan fingerprint density at radius 2 is 1.35 bits per heavy atom. The molecule has 0 radical (unpaired) electrons. The highest BCUT2D eigenvalue weighted by atomic mass is 32.2. The minimum absolute atomic E-state index is 0.0237. The molecule has 0 heterocycles. The summed E-state index contributed by atoms with van der Waals surface area (Å²) in [6.07, 6.45) is 0. The third-order valence-corrected chi connectivity index (χ3v) is 4.92. The van der Waals surface area contributed by atoms with Crippen LogP contribution in [0.3, 0.4) is 0 Å². The zero-order chi connectivity index (χ0) is 16.1. The zero-order valence-electron chi connectivity index (χ0n) is 12.6. The molecule has 3 aromatic rings. The largest absolute Gasteiger partial charge is 0.508 e. The van der Waals surface area contributed by atoms with Gasteiger partial charge in [-0.15, -0.1) is 11.8 Å². The summed E-state index contributed by atoms with van der Waals surface area (Å²) in [4.78, 5) is 1.02. The van der Waals surface area contributed by atoms with Crippen molar-refractivity contribution >= 4 is 11.8 Å². The summed E-state index contributed by atoms with van der Waals surface area (Å²) in [5.41, 5.74) is 3.44. The van der Waals surface area contributed by atoms with Crippen LogP contribution in [0.5, 0.6) is 5.75 Å². The second-order valence-electron chi connectivity index (χ2n) is 5.27. The van der Waals surface area contributed by atoms with Crippen LogP contribution in [0, 0.1) is 0 Å². The van der Waals surface area contributed by atoms with Gasteiger partial charge in [0, 0.05) is 4.90 Å². The molecule has 116 valence electrons. The lowest BCUT2D eigenvalue weighted by Crippen LogP contribution is -1.99. The predicted molar refractivity (Wildman–Crippen MR) is 95.7 cm³/mol. The van der Waals surface area contributed by atoms with Crippen LogP contribution in [0.4, 0.5) is 0 Å². The molecular weight excluding hydrogens is 304 g/mol. The number of hydrogen-bond acceptors (Lipinski definition) is 3. The van der Waals surface area contributed by atoms with Gasteiger partial charge in [0.2, 0.25) is 0 Å². The highest BCUT2D eigenvalue weighted by Gasteiger charge is 2.12. The normalized spacial score (nSPS) is 12.0. The number of phenols is 1. The molecule has 23 heavy (non-hydrogen) atoms. The van der Waals surface area contributed by atoms with Gasteiger partial charge in [0.05, 0.1) is 11.9 Å². The lowest BCUT2D eigenvalue weighted by molar-refractivity contribution is 0.296. The van der Waals surface area contributed by atoms with Gasteiger partial charge in [-0.3, -0.25) is 0 Å². The molecule has 0 amide bonds. The third kappa shape index (κ3) is 3.95. The van der Waals surface area contributed by atoms with Gasteiger partial charge in [-0.25, -0.2) is 0 Å². The number of aliphatic hydroxyl groups excluding tert-OH is 1. The smallest absolute Gasteiger partial charge is 0.115 e. The van der Waals surface area contributed by atoms with Crippen LogP contribution in [0.2, 0.25) is 0 Å². The fourth-order valence-corrected chi connectivity index (χ4v) is 3.41. The number of hydrogen-bond donors (Lipinski definition) is 2. The van der Waals surface area contributed by atoms with Crippen LogP contribution < -0.4 is 0 Å². The summed E-state index contributed by atoms with van der Waals surface area (Å²) in [5.74, 6) is 0.252. The first-order valence-corrected chi connectivity index (χ1v) is 8.36. The molecule has 1 atom stereocenters. The standard InChI is InChI=1S/C20H18O2S/c21-14-20(23-19-12-10-18(22)11-13-19)17-8-6-16(7-9-17)15-4-2-1-3-5-15/h1-13,20-22H,14H2. The van der Waals surface area contributed by atoms with Crippen molar-refractivity contribution in [3.8, 4) is 16.9 Å². The molecule has 0 aromatic heterocycles. The third-order valence-electron chi connectivity index (χ3n) is 3.67. The summed E-state index contributed by atoms with van der Waals surface area (Å²) in [5, 5.41) is 19.0. The van der Waals surface area contributed by atoms with Crippen molar-refractivity contribution in [2.75, 3.05) is 6.61 Å². The summed E-state index contributed by atoms with van der Waals surface area (Å²) in [6, 6.07) is 25.6. The van der Waals surface area contributed by atoms with Crippen molar-refractivity contribution in [2.45, 2.75) is 10.1 Å². The van der Waals surface area contributed by atoms with Gasteiger partial charge in [0.25, 0.3) is 0 Å². The maximum absolute atomic E-state index is 9.71. The first-order valence-electron chi connectivity index (χ1n) is 7.48. The average molecular weight is 322 g/mol. The van der Waals surface area contributed by atoms with E-state index in [0.29, 0.717) is 0 Å². The predicted octanol–water partition coefficient (Wildman–Crippen LogP) is 4.88. The SMILES string of the molecule is OCC(Sc1ccc(O)cc1)c1ccc(-c2ccccc2)cc1. The lowest BCUT2D eigenvalue weighted by atomic mass is 10.0. The number of phenolic OH excluding ortho intramolecular Hbond substituents is 1. The molecule has 0 saturated carbocycles. The Bertz CT molecular complexity index is 737. The maximum atomic E-state index is 9.71. The minimum Gasteiger partial charge on any atom is -0.508 e. The average Bonchev–Trinajstić information content (AvgIpc) is 2.62. The monoisotopic (exact) mass is 322 g/mol. The first-order chi connectivity index (χ1) is 11.3. The molecular formula is C20H18O2S. The molecule has 2 nitrogen and oxygen atoms in total. The Labute approximate surface area is 140 Å². The number of thioether (sulfide) groups is 1. The van der Waals surface area contributed by atoms with Crippen molar-refractivity contribution < 1.29 is 10.2 Å². The fourth-order valence-electron chi connectivity index (χ4n) is 2.42. The number of benzene rings is 3. The van der Waals surface area contributed by atoms with E-state index in [-0.39, 0.29) is 17.6 Å². The number of rotatable bonds is 5. The van der Waals surface area contributed by atoms with Crippen LogP contribution in [-0.4, -0.2) is 16.8 Å². The lowest BCUT2D eigenvalue weighted by Gasteiger charge is -2.15.